The van der Waals surface area contributed by atoms with E-state index in [0.717, 1.165) is 32.4 Å². The predicted molar refractivity (Wildman–Crippen MR) is 93.2 cm³/mol. The molecule has 0 saturated carbocycles. The number of rotatable bonds is 6. The number of carbonyl (C=O) groups excluding carboxylic acids is 3. The fourth-order valence-electron chi connectivity index (χ4n) is 1.82. The van der Waals surface area contributed by atoms with E-state index in [-0.39, 0.29) is 11.8 Å². The molecule has 0 spiro atoms. The number of thioether (sulfide) groups is 1. The molecule has 0 bridgehead atoms. The fraction of sp³-hybridized carbons (Fsp3) is 0.714. The summed E-state index contributed by atoms with van der Waals surface area (Å²) in [7, 11) is 0. The topological polar surface area (TPSA) is 87.7 Å². The Morgan fingerprint density at radius 3 is 2.57 bits per heavy atom. The van der Waals surface area contributed by atoms with Gasteiger partial charge in [0.2, 0.25) is 0 Å². The molecule has 23 heavy (non-hydrogen) atoms. The average Bonchev–Trinajstić information content (AvgIpc) is 3.04. The van der Waals surface area contributed by atoms with Gasteiger partial charge in [-0.3, -0.25) is 14.9 Å². The molecule has 1 rings (SSSR count). The van der Waals surface area contributed by atoms with Crippen molar-refractivity contribution in [2.75, 3.05) is 25.4 Å². The molecular formula is C14H23N3O4S2. The highest BCUT2D eigenvalue weighted by Crippen LogP contribution is 2.16. The summed E-state index contributed by atoms with van der Waals surface area (Å²) in [6.07, 6.45) is 2.98. The Morgan fingerprint density at radius 1 is 1.30 bits per heavy atom. The van der Waals surface area contributed by atoms with E-state index < -0.39 is 24.5 Å². The van der Waals surface area contributed by atoms with E-state index in [4.69, 9.17) is 17.0 Å². The zero-order valence-electron chi connectivity index (χ0n) is 13.4. The van der Waals surface area contributed by atoms with Crippen molar-refractivity contribution in [1.82, 2.24) is 15.5 Å². The van der Waals surface area contributed by atoms with Crippen molar-refractivity contribution in [2.24, 2.45) is 0 Å². The van der Waals surface area contributed by atoms with Crippen LogP contribution in [0.15, 0.2) is 0 Å². The molecule has 0 aliphatic carbocycles. The van der Waals surface area contributed by atoms with Gasteiger partial charge in [0.15, 0.2) is 6.61 Å². The third-order valence-electron chi connectivity index (χ3n) is 3.28. The van der Waals surface area contributed by atoms with E-state index in [0.29, 0.717) is 4.32 Å². The number of thiocarbonyl (C=S) groups is 1. The lowest BCUT2D eigenvalue weighted by Gasteiger charge is -2.17. The Morgan fingerprint density at radius 2 is 1.96 bits per heavy atom. The van der Waals surface area contributed by atoms with Gasteiger partial charge in [-0.05, 0) is 26.2 Å². The Hall–Kier alpha value is -1.35. The second-order valence-electron chi connectivity index (χ2n) is 5.24. The first-order valence-corrected chi connectivity index (χ1v) is 8.99. The van der Waals surface area contributed by atoms with Crippen LogP contribution < -0.4 is 10.6 Å². The van der Waals surface area contributed by atoms with Crippen molar-refractivity contribution in [3.05, 3.63) is 0 Å². The van der Waals surface area contributed by atoms with Gasteiger partial charge in [0, 0.05) is 19.1 Å². The normalized spacial score (nSPS) is 15.0. The summed E-state index contributed by atoms with van der Waals surface area (Å²) in [5.41, 5.74) is 0. The fourth-order valence-corrected chi connectivity index (χ4v) is 2.87. The van der Waals surface area contributed by atoms with Gasteiger partial charge < -0.3 is 15.0 Å². The minimum Gasteiger partial charge on any atom is -0.455 e. The van der Waals surface area contributed by atoms with Gasteiger partial charge in [-0.1, -0.05) is 30.9 Å². The van der Waals surface area contributed by atoms with E-state index in [2.05, 4.69) is 15.5 Å². The zero-order chi connectivity index (χ0) is 17.2. The van der Waals surface area contributed by atoms with Crippen molar-refractivity contribution in [3.63, 3.8) is 0 Å². The van der Waals surface area contributed by atoms with E-state index in [9.17, 15) is 14.4 Å². The maximum atomic E-state index is 11.6. The number of nitrogens with one attached hydrogen (secondary N) is 2. The van der Waals surface area contributed by atoms with Crippen LogP contribution in [0, 0.1) is 0 Å². The summed E-state index contributed by atoms with van der Waals surface area (Å²) >= 11 is 6.46. The third-order valence-corrected chi connectivity index (χ3v) is 4.78. The lowest BCUT2D eigenvalue weighted by atomic mass is 10.3. The molecule has 0 aromatic rings. The Bertz CT molecular complexity index is 453. The number of hydrogen-bond donors (Lipinski definition) is 2. The molecule has 1 aliphatic heterocycles. The van der Waals surface area contributed by atoms with Crippen LogP contribution in [0.1, 0.15) is 33.1 Å². The number of carbonyl (C=O) groups is 3. The monoisotopic (exact) mass is 361 g/mol. The van der Waals surface area contributed by atoms with E-state index in [1.54, 1.807) is 0 Å². The standard InChI is InChI=1S/C14H23N3O4S2/c1-3-10(2)15-13(20)16-11(18)8-21-12(19)9-23-14(22)17-6-4-5-7-17/h10H,3-9H2,1-2H3,(H2,15,16,18,20)/t10-/m1/s1. The van der Waals surface area contributed by atoms with Crippen molar-refractivity contribution in [1.29, 1.82) is 0 Å². The molecule has 7 nitrogen and oxygen atoms in total. The van der Waals surface area contributed by atoms with Crippen molar-refractivity contribution in [2.45, 2.75) is 39.2 Å². The van der Waals surface area contributed by atoms with Gasteiger partial charge in [0.25, 0.3) is 5.91 Å². The van der Waals surface area contributed by atoms with Crippen LogP contribution >= 0.6 is 24.0 Å². The predicted octanol–water partition coefficient (Wildman–Crippen LogP) is 1.27. The maximum absolute atomic E-state index is 11.6. The average molecular weight is 361 g/mol. The van der Waals surface area contributed by atoms with Crippen LogP contribution in [0.25, 0.3) is 0 Å². The van der Waals surface area contributed by atoms with Gasteiger partial charge in [-0.25, -0.2) is 4.79 Å². The van der Waals surface area contributed by atoms with Gasteiger partial charge in [0.05, 0.1) is 5.75 Å². The molecule has 2 N–H and O–H groups in total. The molecule has 0 radical (unpaired) electrons. The molecule has 1 heterocycles. The first-order chi connectivity index (χ1) is 10.9. The number of imide groups is 1. The minimum absolute atomic E-state index is 0.0339. The summed E-state index contributed by atoms with van der Waals surface area (Å²) < 4.78 is 5.50. The smallest absolute Gasteiger partial charge is 0.321 e. The van der Waals surface area contributed by atoms with E-state index in [1.807, 2.05) is 13.8 Å². The summed E-state index contributed by atoms with van der Waals surface area (Å²) in [4.78, 5) is 36.5. The Kier molecular flexibility index (Phi) is 8.93. The third kappa shape index (κ3) is 8.17. The van der Waals surface area contributed by atoms with Gasteiger partial charge in [-0.2, -0.15) is 0 Å². The van der Waals surface area contributed by atoms with E-state index >= 15 is 0 Å². The SMILES string of the molecule is CC[C@@H](C)NC(=O)NC(=O)COC(=O)CSC(=S)N1CCCC1. The van der Waals surface area contributed by atoms with Gasteiger partial charge in [-0.15, -0.1) is 0 Å². The highest BCUT2D eigenvalue weighted by molar-refractivity contribution is 8.23. The molecule has 130 valence electrons. The molecule has 1 atom stereocenters. The highest BCUT2D eigenvalue weighted by Gasteiger charge is 2.17. The number of amides is 3. The number of ether oxygens (including phenoxy) is 1. The Labute approximate surface area is 145 Å². The summed E-state index contributed by atoms with van der Waals surface area (Å²) in [6, 6.07) is -0.627. The van der Waals surface area contributed by atoms with Gasteiger partial charge in [0.1, 0.15) is 4.32 Å². The first kappa shape index (κ1) is 19.7. The van der Waals surface area contributed by atoms with Crippen LogP contribution in [-0.2, 0) is 14.3 Å². The second-order valence-corrected chi connectivity index (χ2v) is 6.85. The zero-order valence-corrected chi connectivity index (χ0v) is 15.1. The summed E-state index contributed by atoms with van der Waals surface area (Å²) in [5.74, 6) is -1.14. The molecule has 0 aromatic carbocycles. The molecular weight excluding hydrogens is 338 g/mol. The Balaban J connectivity index is 2.15. The number of nitrogens with zero attached hydrogens (tertiary/aromatic N) is 1. The minimum atomic E-state index is -0.661. The number of hydrogen-bond acceptors (Lipinski definition) is 6. The molecule has 1 saturated heterocycles. The number of likely N-dealkylation sites (tertiary alicyclic amines) is 1. The first-order valence-electron chi connectivity index (χ1n) is 7.60. The van der Waals surface area contributed by atoms with Crippen LogP contribution in [0.5, 0.6) is 0 Å². The highest BCUT2D eigenvalue weighted by atomic mass is 32.2. The quantitative estimate of drug-likeness (QED) is 0.544. The molecule has 1 fully saturated rings. The lowest BCUT2D eigenvalue weighted by molar-refractivity contribution is -0.145. The maximum Gasteiger partial charge on any atom is 0.321 e. The van der Waals surface area contributed by atoms with E-state index in [1.165, 1.54) is 11.8 Å². The molecule has 0 unspecified atom stereocenters. The van der Waals surface area contributed by atoms with Crippen molar-refractivity contribution in [3.8, 4) is 0 Å². The van der Waals surface area contributed by atoms with Crippen LogP contribution in [0.2, 0.25) is 0 Å². The molecule has 0 aromatic heterocycles. The van der Waals surface area contributed by atoms with Crippen molar-refractivity contribution < 1.29 is 19.1 Å². The summed E-state index contributed by atoms with van der Waals surface area (Å²) in [6.45, 7) is 5.11. The van der Waals surface area contributed by atoms with Crippen LogP contribution in [0.3, 0.4) is 0 Å². The molecule has 9 heteroatoms. The molecule has 3 amide bonds. The van der Waals surface area contributed by atoms with Gasteiger partial charge >= 0.3 is 12.0 Å². The number of urea groups is 1. The largest absolute Gasteiger partial charge is 0.455 e. The number of esters is 1. The summed E-state index contributed by atoms with van der Waals surface area (Å²) in [5, 5.41) is 4.68. The lowest BCUT2D eigenvalue weighted by Crippen LogP contribution is -2.44. The molecule has 1 aliphatic rings. The van der Waals surface area contributed by atoms with Crippen LogP contribution in [-0.4, -0.2) is 58.6 Å². The van der Waals surface area contributed by atoms with Crippen molar-refractivity contribution >= 4 is 46.2 Å². The van der Waals surface area contributed by atoms with Crippen LogP contribution in [0.4, 0.5) is 4.79 Å². The second kappa shape index (κ2) is 10.4.